The lowest BCUT2D eigenvalue weighted by Gasteiger charge is -2.33. The van der Waals surface area contributed by atoms with E-state index < -0.39 is 28.5 Å². The van der Waals surface area contributed by atoms with Crippen LogP contribution >= 0.6 is 0 Å². The van der Waals surface area contributed by atoms with E-state index in [0.717, 1.165) is 41.8 Å². The lowest BCUT2D eigenvalue weighted by molar-refractivity contribution is -0.139. The zero-order chi connectivity index (χ0) is 26.1. The maximum Gasteiger partial charge on any atom is 0.244 e. The van der Waals surface area contributed by atoms with Gasteiger partial charge in [-0.1, -0.05) is 61.7 Å². The summed E-state index contributed by atoms with van der Waals surface area (Å²) in [5.74, 6) is -0.324. The summed E-state index contributed by atoms with van der Waals surface area (Å²) in [5, 5.41) is 3.10. The van der Waals surface area contributed by atoms with E-state index in [1.165, 1.54) is 18.4 Å². The Labute approximate surface area is 214 Å². The fraction of sp³-hybridized carbons (Fsp3) is 0.481. The first-order valence-corrected chi connectivity index (χ1v) is 14.3. The number of sulfonamides is 1. The molecule has 0 heterocycles. The summed E-state index contributed by atoms with van der Waals surface area (Å²) in [6, 6.07) is 15.7. The summed E-state index contributed by atoms with van der Waals surface area (Å²) in [5.41, 5.74) is 1.30. The Bertz CT molecular complexity index is 1120. The lowest BCUT2D eigenvalue weighted by Crippen LogP contribution is -2.53. The van der Waals surface area contributed by atoms with Crippen molar-refractivity contribution in [3.63, 3.8) is 0 Å². The van der Waals surface area contributed by atoms with Gasteiger partial charge in [0.1, 0.15) is 18.3 Å². The van der Waals surface area contributed by atoms with Gasteiger partial charge >= 0.3 is 0 Å². The Hall–Kier alpha value is -3.07. The van der Waals surface area contributed by atoms with E-state index in [1.807, 2.05) is 30.3 Å². The van der Waals surface area contributed by atoms with Crippen molar-refractivity contribution in [3.05, 3.63) is 60.2 Å². The highest BCUT2D eigenvalue weighted by molar-refractivity contribution is 7.92. The minimum absolute atomic E-state index is 0.112. The zero-order valence-electron chi connectivity index (χ0n) is 21.4. The molecule has 1 fully saturated rings. The number of nitrogens with zero attached hydrogens (tertiary/aromatic N) is 2. The van der Waals surface area contributed by atoms with Gasteiger partial charge in [0.25, 0.3) is 0 Å². The number of carbonyl (C=O) groups is 2. The van der Waals surface area contributed by atoms with Gasteiger partial charge in [0.15, 0.2) is 0 Å². The molecule has 2 amide bonds. The molecule has 0 unspecified atom stereocenters. The minimum atomic E-state index is -3.81. The highest BCUT2D eigenvalue weighted by Crippen LogP contribution is 2.29. The van der Waals surface area contributed by atoms with Crippen LogP contribution in [0.4, 0.5) is 5.69 Å². The first-order chi connectivity index (χ1) is 17.2. The van der Waals surface area contributed by atoms with Gasteiger partial charge < -0.3 is 15.0 Å². The summed E-state index contributed by atoms with van der Waals surface area (Å²) >= 11 is 0. The largest absolute Gasteiger partial charge is 0.495 e. The molecule has 0 bridgehead atoms. The summed E-state index contributed by atoms with van der Waals surface area (Å²) in [7, 11) is -2.36. The number of hydrogen-bond acceptors (Lipinski definition) is 5. The Balaban J connectivity index is 1.84. The molecule has 8 nitrogen and oxygen atoms in total. The average molecular weight is 516 g/mol. The Morgan fingerprint density at radius 1 is 1.03 bits per heavy atom. The van der Waals surface area contributed by atoms with Gasteiger partial charge in [-0.05, 0) is 43.9 Å². The third-order valence-corrected chi connectivity index (χ3v) is 7.76. The number of hydrogen-bond donors (Lipinski definition) is 1. The van der Waals surface area contributed by atoms with Crippen molar-refractivity contribution in [3.8, 4) is 5.75 Å². The average Bonchev–Trinajstić information content (AvgIpc) is 2.87. The number of ether oxygens (including phenoxy) is 1. The first-order valence-electron chi connectivity index (χ1n) is 12.4. The van der Waals surface area contributed by atoms with Crippen LogP contribution in [0.15, 0.2) is 54.6 Å². The molecule has 2 aromatic carbocycles. The van der Waals surface area contributed by atoms with E-state index in [2.05, 4.69) is 5.32 Å². The van der Waals surface area contributed by atoms with Crippen LogP contribution in [0.2, 0.25) is 0 Å². The van der Waals surface area contributed by atoms with Crippen molar-refractivity contribution in [1.29, 1.82) is 0 Å². The van der Waals surface area contributed by atoms with Crippen LogP contribution in [-0.4, -0.2) is 63.7 Å². The summed E-state index contributed by atoms with van der Waals surface area (Å²) in [6.45, 7) is 1.55. The zero-order valence-corrected chi connectivity index (χ0v) is 22.2. The molecular formula is C27H37N3O5S. The van der Waals surface area contributed by atoms with Gasteiger partial charge in [-0.15, -0.1) is 0 Å². The smallest absolute Gasteiger partial charge is 0.244 e. The van der Waals surface area contributed by atoms with Crippen molar-refractivity contribution >= 4 is 27.5 Å². The van der Waals surface area contributed by atoms with Gasteiger partial charge in [-0.3, -0.25) is 13.9 Å². The molecule has 1 aliphatic rings. The molecule has 36 heavy (non-hydrogen) atoms. The van der Waals surface area contributed by atoms with E-state index in [1.54, 1.807) is 31.2 Å². The van der Waals surface area contributed by atoms with E-state index in [-0.39, 0.29) is 24.2 Å². The van der Waals surface area contributed by atoms with Crippen molar-refractivity contribution in [2.24, 2.45) is 0 Å². The van der Waals surface area contributed by atoms with Crippen LogP contribution in [-0.2, 0) is 26.0 Å². The van der Waals surface area contributed by atoms with Crippen molar-refractivity contribution < 1.29 is 22.7 Å². The molecule has 0 spiro atoms. The van der Waals surface area contributed by atoms with Crippen LogP contribution < -0.4 is 14.4 Å². The van der Waals surface area contributed by atoms with Gasteiger partial charge in [-0.25, -0.2) is 8.42 Å². The highest BCUT2D eigenvalue weighted by Gasteiger charge is 2.31. The molecule has 196 valence electrons. The van der Waals surface area contributed by atoms with Crippen LogP contribution in [0.5, 0.6) is 5.75 Å². The normalized spacial score (nSPS) is 15.1. The molecule has 0 radical (unpaired) electrons. The summed E-state index contributed by atoms with van der Waals surface area (Å²) in [4.78, 5) is 28.3. The van der Waals surface area contributed by atoms with Crippen molar-refractivity contribution in [2.75, 3.05) is 30.8 Å². The number of rotatable bonds is 11. The Morgan fingerprint density at radius 2 is 1.67 bits per heavy atom. The second-order valence-corrected chi connectivity index (χ2v) is 11.2. The number of carbonyl (C=O) groups excluding carboxylic acids is 2. The molecule has 1 saturated carbocycles. The third-order valence-electron chi connectivity index (χ3n) is 6.64. The number of anilines is 1. The number of benzene rings is 2. The van der Waals surface area contributed by atoms with Crippen LogP contribution in [0.25, 0.3) is 0 Å². The molecule has 1 atom stereocenters. The van der Waals surface area contributed by atoms with E-state index in [9.17, 15) is 18.0 Å². The molecule has 1 N–H and O–H groups in total. The maximum atomic E-state index is 13.6. The molecule has 0 aliphatic heterocycles. The minimum Gasteiger partial charge on any atom is -0.495 e. The fourth-order valence-electron chi connectivity index (χ4n) is 4.57. The molecule has 0 saturated heterocycles. The SMILES string of the molecule is COc1ccccc1N(CC(=O)N(CCc1ccccc1)[C@H](C)C(=O)NC1CCCCC1)S(C)(=O)=O. The van der Waals surface area contributed by atoms with E-state index >= 15 is 0 Å². The van der Waals surface area contributed by atoms with Gasteiger partial charge in [0.05, 0.1) is 19.1 Å². The number of para-hydroxylation sites is 2. The van der Waals surface area contributed by atoms with Gasteiger partial charge in [0.2, 0.25) is 21.8 Å². The summed E-state index contributed by atoms with van der Waals surface area (Å²) in [6.07, 6.45) is 6.81. The topological polar surface area (TPSA) is 96.0 Å². The molecule has 9 heteroatoms. The maximum absolute atomic E-state index is 13.6. The van der Waals surface area contributed by atoms with Gasteiger partial charge in [-0.2, -0.15) is 0 Å². The van der Waals surface area contributed by atoms with Crippen molar-refractivity contribution in [1.82, 2.24) is 10.2 Å². The molecule has 3 rings (SSSR count). The number of methoxy groups -OCH3 is 1. The fourth-order valence-corrected chi connectivity index (χ4v) is 5.42. The predicted molar refractivity (Wildman–Crippen MR) is 142 cm³/mol. The van der Waals surface area contributed by atoms with E-state index in [4.69, 9.17) is 4.74 Å². The monoisotopic (exact) mass is 515 g/mol. The standard InChI is InChI=1S/C27H37N3O5S/c1-21(27(32)28-23-14-8-5-9-15-23)29(19-18-22-12-6-4-7-13-22)26(31)20-30(36(3,33)34)24-16-10-11-17-25(24)35-2/h4,6-7,10-13,16-17,21,23H,5,8-9,14-15,18-20H2,1-3H3,(H,28,32)/t21-/m1/s1. The van der Waals surface area contributed by atoms with Crippen LogP contribution in [0, 0.1) is 0 Å². The van der Waals surface area contributed by atoms with E-state index in [0.29, 0.717) is 12.2 Å². The van der Waals surface area contributed by atoms with Crippen LogP contribution in [0.3, 0.4) is 0 Å². The molecule has 0 aromatic heterocycles. The van der Waals surface area contributed by atoms with Crippen molar-refractivity contribution in [2.45, 2.75) is 57.5 Å². The van der Waals surface area contributed by atoms with Gasteiger partial charge in [0, 0.05) is 12.6 Å². The van der Waals surface area contributed by atoms with Crippen LogP contribution in [0.1, 0.15) is 44.6 Å². The Kier molecular flexibility index (Phi) is 9.75. The second-order valence-electron chi connectivity index (χ2n) is 9.28. The second kappa shape index (κ2) is 12.8. The third kappa shape index (κ3) is 7.46. The quantitative estimate of drug-likeness (QED) is 0.495. The number of nitrogens with one attached hydrogen (secondary N) is 1. The predicted octanol–water partition coefficient (Wildman–Crippen LogP) is 3.37. The number of amides is 2. The highest BCUT2D eigenvalue weighted by atomic mass is 32.2. The lowest BCUT2D eigenvalue weighted by atomic mass is 9.95. The molecule has 2 aromatic rings. The Morgan fingerprint density at radius 3 is 2.31 bits per heavy atom. The molecular weight excluding hydrogens is 478 g/mol. The first kappa shape index (κ1) is 27.5. The molecule has 1 aliphatic carbocycles. The summed E-state index contributed by atoms with van der Waals surface area (Å²) < 4.78 is 31.8.